The Bertz CT molecular complexity index is 284. The van der Waals surface area contributed by atoms with Gasteiger partial charge in [-0.3, -0.25) is 0 Å². The van der Waals surface area contributed by atoms with Crippen molar-refractivity contribution in [3.05, 3.63) is 23.8 Å². The van der Waals surface area contributed by atoms with Crippen LogP contribution in [0.25, 0.3) is 0 Å². The molecule has 3 nitrogen and oxygen atoms in total. The molecular formula is C11H16O3. The molecule has 0 spiro atoms. The van der Waals surface area contributed by atoms with Gasteiger partial charge in [0, 0.05) is 12.7 Å². The summed E-state index contributed by atoms with van der Waals surface area (Å²) in [5.74, 6) is 1.72. The van der Waals surface area contributed by atoms with Crippen molar-refractivity contribution in [1.82, 2.24) is 0 Å². The quantitative estimate of drug-likeness (QED) is 0.719. The van der Waals surface area contributed by atoms with E-state index in [2.05, 4.69) is 0 Å². The van der Waals surface area contributed by atoms with Crippen LogP contribution in [0.1, 0.15) is 5.56 Å². The number of ether oxygens (including phenoxy) is 3. The van der Waals surface area contributed by atoms with Gasteiger partial charge < -0.3 is 14.2 Å². The van der Waals surface area contributed by atoms with Gasteiger partial charge in [-0.2, -0.15) is 0 Å². The van der Waals surface area contributed by atoms with Gasteiger partial charge in [-0.05, 0) is 24.6 Å². The van der Waals surface area contributed by atoms with Crippen molar-refractivity contribution in [2.24, 2.45) is 0 Å². The SMILES string of the molecule is COCCc1cc(OC)ccc1OC. The Hall–Kier alpha value is -1.22. The zero-order valence-electron chi connectivity index (χ0n) is 8.87. The molecule has 0 aliphatic rings. The maximum atomic E-state index is 5.23. The van der Waals surface area contributed by atoms with Crippen molar-refractivity contribution >= 4 is 0 Å². The van der Waals surface area contributed by atoms with E-state index in [1.165, 1.54) is 0 Å². The number of hydrogen-bond acceptors (Lipinski definition) is 3. The van der Waals surface area contributed by atoms with E-state index < -0.39 is 0 Å². The van der Waals surface area contributed by atoms with Gasteiger partial charge in [0.1, 0.15) is 11.5 Å². The van der Waals surface area contributed by atoms with Crippen LogP contribution in [0.15, 0.2) is 18.2 Å². The van der Waals surface area contributed by atoms with Crippen molar-refractivity contribution in [2.45, 2.75) is 6.42 Å². The molecule has 0 unspecified atom stereocenters. The van der Waals surface area contributed by atoms with Gasteiger partial charge in [-0.15, -0.1) is 0 Å². The summed E-state index contributed by atoms with van der Waals surface area (Å²) in [6.45, 7) is 0.684. The van der Waals surface area contributed by atoms with Crippen LogP contribution in [0.4, 0.5) is 0 Å². The zero-order valence-corrected chi connectivity index (χ0v) is 8.87. The fraction of sp³-hybridized carbons (Fsp3) is 0.455. The maximum Gasteiger partial charge on any atom is 0.122 e. The number of hydrogen-bond donors (Lipinski definition) is 0. The molecule has 0 aromatic heterocycles. The Labute approximate surface area is 84.6 Å². The van der Waals surface area contributed by atoms with Crippen molar-refractivity contribution in [3.8, 4) is 11.5 Å². The molecule has 0 amide bonds. The van der Waals surface area contributed by atoms with Crippen molar-refractivity contribution in [2.75, 3.05) is 27.9 Å². The molecule has 78 valence electrons. The molecular weight excluding hydrogens is 180 g/mol. The lowest BCUT2D eigenvalue weighted by Crippen LogP contribution is -1.98. The van der Waals surface area contributed by atoms with Gasteiger partial charge in [0.25, 0.3) is 0 Å². The highest BCUT2D eigenvalue weighted by Gasteiger charge is 2.04. The second kappa shape index (κ2) is 5.50. The number of benzene rings is 1. The average molecular weight is 196 g/mol. The van der Waals surface area contributed by atoms with E-state index >= 15 is 0 Å². The van der Waals surface area contributed by atoms with Crippen LogP contribution < -0.4 is 9.47 Å². The molecule has 1 aromatic rings. The average Bonchev–Trinajstić information content (AvgIpc) is 2.25. The van der Waals surface area contributed by atoms with Gasteiger partial charge in [-0.1, -0.05) is 0 Å². The van der Waals surface area contributed by atoms with E-state index in [0.29, 0.717) is 6.61 Å². The van der Waals surface area contributed by atoms with E-state index in [4.69, 9.17) is 14.2 Å². The first kappa shape index (κ1) is 10.9. The van der Waals surface area contributed by atoms with E-state index in [1.54, 1.807) is 21.3 Å². The molecule has 0 atom stereocenters. The number of rotatable bonds is 5. The van der Waals surface area contributed by atoms with E-state index in [-0.39, 0.29) is 0 Å². The minimum Gasteiger partial charge on any atom is -0.497 e. The van der Waals surface area contributed by atoms with Crippen LogP contribution >= 0.6 is 0 Å². The molecule has 0 saturated carbocycles. The zero-order chi connectivity index (χ0) is 10.4. The first-order valence-corrected chi connectivity index (χ1v) is 4.51. The second-order valence-corrected chi connectivity index (χ2v) is 2.92. The summed E-state index contributed by atoms with van der Waals surface area (Å²) in [4.78, 5) is 0. The van der Waals surface area contributed by atoms with Gasteiger partial charge in [0.15, 0.2) is 0 Å². The van der Waals surface area contributed by atoms with E-state index in [1.807, 2.05) is 18.2 Å². The maximum absolute atomic E-state index is 5.23. The normalized spacial score (nSPS) is 9.93. The highest BCUT2D eigenvalue weighted by molar-refractivity contribution is 5.40. The lowest BCUT2D eigenvalue weighted by molar-refractivity contribution is 0.201. The van der Waals surface area contributed by atoms with Crippen LogP contribution in [0.2, 0.25) is 0 Å². The lowest BCUT2D eigenvalue weighted by atomic mass is 10.1. The van der Waals surface area contributed by atoms with Crippen LogP contribution in [0.3, 0.4) is 0 Å². The minimum atomic E-state index is 0.684. The highest BCUT2D eigenvalue weighted by atomic mass is 16.5. The van der Waals surface area contributed by atoms with E-state index in [9.17, 15) is 0 Å². The number of methoxy groups -OCH3 is 3. The second-order valence-electron chi connectivity index (χ2n) is 2.92. The third-order valence-corrected chi connectivity index (χ3v) is 2.06. The van der Waals surface area contributed by atoms with Crippen LogP contribution in [0, 0.1) is 0 Å². The Morgan fingerprint density at radius 2 is 1.86 bits per heavy atom. The molecule has 0 heterocycles. The standard InChI is InChI=1S/C11H16O3/c1-12-7-6-9-8-10(13-2)4-5-11(9)14-3/h4-5,8H,6-7H2,1-3H3. The molecule has 0 radical (unpaired) electrons. The Morgan fingerprint density at radius 1 is 1.07 bits per heavy atom. The first-order chi connectivity index (χ1) is 6.81. The van der Waals surface area contributed by atoms with Crippen LogP contribution in [-0.4, -0.2) is 27.9 Å². The summed E-state index contributed by atoms with van der Waals surface area (Å²) in [5.41, 5.74) is 1.11. The Morgan fingerprint density at radius 3 is 2.43 bits per heavy atom. The molecule has 0 bridgehead atoms. The molecule has 0 saturated heterocycles. The summed E-state index contributed by atoms with van der Waals surface area (Å²) < 4.78 is 15.4. The molecule has 1 rings (SSSR count). The fourth-order valence-corrected chi connectivity index (χ4v) is 1.29. The monoisotopic (exact) mass is 196 g/mol. The summed E-state index contributed by atoms with van der Waals surface area (Å²) in [7, 11) is 5.01. The highest BCUT2D eigenvalue weighted by Crippen LogP contribution is 2.24. The van der Waals surface area contributed by atoms with Crippen LogP contribution in [-0.2, 0) is 11.2 Å². The summed E-state index contributed by atoms with van der Waals surface area (Å²) in [5, 5.41) is 0. The Kier molecular flexibility index (Phi) is 4.26. The predicted octanol–water partition coefficient (Wildman–Crippen LogP) is 1.89. The fourth-order valence-electron chi connectivity index (χ4n) is 1.29. The first-order valence-electron chi connectivity index (χ1n) is 4.51. The van der Waals surface area contributed by atoms with Crippen LogP contribution in [0.5, 0.6) is 11.5 Å². The van der Waals surface area contributed by atoms with Gasteiger partial charge in [-0.25, -0.2) is 0 Å². The van der Waals surface area contributed by atoms with Gasteiger partial charge >= 0.3 is 0 Å². The predicted molar refractivity (Wildman–Crippen MR) is 55.1 cm³/mol. The summed E-state index contributed by atoms with van der Waals surface area (Å²) >= 11 is 0. The van der Waals surface area contributed by atoms with Crippen molar-refractivity contribution in [1.29, 1.82) is 0 Å². The Balaban J connectivity index is 2.84. The smallest absolute Gasteiger partial charge is 0.122 e. The summed E-state index contributed by atoms with van der Waals surface area (Å²) in [6, 6.07) is 5.76. The third-order valence-electron chi connectivity index (χ3n) is 2.06. The largest absolute Gasteiger partial charge is 0.497 e. The molecule has 0 N–H and O–H groups in total. The van der Waals surface area contributed by atoms with Gasteiger partial charge in [0.05, 0.1) is 20.8 Å². The molecule has 14 heavy (non-hydrogen) atoms. The minimum absolute atomic E-state index is 0.684. The lowest BCUT2D eigenvalue weighted by Gasteiger charge is -2.09. The molecule has 0 aliphatic carbocycles. The van der Waals surface area contributed by atoms with Crippen molar-refractivity contribution < 1.29 is 14.2 Å². The summed E-state index contributed by atoms with van der Waals surface area (Å²) in [6.07, 6.45) is 0.830. The van der Waals surface area contributed by atoms with E-state index in [0.717, 1.165) is 23.5 Å². The third kappa shape index (κ3) is 2.64. The molecule has 0 fully saturated rings. The van der Waals surface area contributed by atoms with Crippen molar-refractivity contribution in [3.63, 3.8) is 0 Å². The van der Waals surface area contributed by atoms with Gasteiger partial charge in [0.2, 0.25) is 0 Å². The molecule has 0 aliphatic heterocycles. The molecule has 3 heteroatoms. The topological polar surface area (TPSA) is 27.7 Å². The molecule has 1 aromatic carbocycles.